The van der Waals surface area contributed by atoms with E-state index in [4.69, 9.17) is 4.74 Å². The van der Waals surface area contributed by atoms with E-state index in [-0.39, 0.29) is 15.9 Å². The third-order valence-electron chi connectivity index (χ3n) is 3.17. The lowest BCUT2D eigenvalue weighted by molar-refractivity contribution is -0.137. The normalized spacial score (nSPS) is 11.0. The molecule has 144 valence electrons. The van der Waals surface area contributed by atoms with Gasteiger partial charge < -0.3 is 15.4 Å². The second-order valence-electron chi connectivity index (χ2n) is 5.35. The Hall–Kier alpha value is -2.62. The van der Waals surface area contributed by atoms with Crippen molar-refractivity contribution in [3.8, 4) is 5.75 Å². The number of anilines is 2. The molecule has 2 aromatic carbocycles. The number of rotatable bonds is 5. The molecule has 10 heteroatoms. The zero-order chi connectivity index (χ0) is 20.2. The third-order valence-corrected chi connectivity index (χ3v) is 3.79. The first-order valence-corrected chi connectivity index (χ1v) is 8.22. The number of nitrogens with one attached hydrogen (secondary N) is 2. The van der Waals surface area contributed by atoms with Crippen LogP contribution in [0.25, 0.3) is 0 Å². The van der Waals surface area contributed by atoms with E-state index in [9.17, 15) is 27.2 Å². The number of halogens is 5. The predicted molar refractivity (Wildman–Crippen MR) is 94.0 cm³/mol. The molecule has 0 unspecified atom stereocenters. The van der Waals surface area contributed by atoms with Crippen molar-refractivity contribution in [1.29, 1.82) is 0 Å². The molecule has 0 radical (unpaired) electrons. The Morgan fingerprint density at radius 3 is 2.41 bits per heavy atom. The summed E-state index contributed by atoms with van der Waals surface area (Å²) in [5.41, 5.74) is -1.66. The standard InChI is InChI=1S/C17H13BrF4N2O3/c1-9(25)23-11-3-4-14(12(7-11)17(20,21)22)24-16(26)8-27-15-5-2-10(19)6-13(15)18/h2-7H,8H2,1H3,(H,23,25)(H,24,26). The molecule has 2 aromatic rings. The van der Waals surface area contributed by atoms with Crippen molar-refractivity contribution < 1.29 is 31.9 Å². The summed E-state index contributed by atoms with van der Waals surface area (Å²) < 4.78 is 58.1. The quantitative estimate of drug-likeness (QED) is 0.657. The number of benzene rings is 2. The minimum Gasteiger partial charge on any atom is -0.483 e. The highest BCUT2D eigenvalue weighted by Gasteiger charge is 2.34. The minimum absolute atomic E-state index is 0.0562. The van der Waals surface area contributed by atoms with Gasteiger partial charge in [0, 0.05) is 12.6 Å². The lowest BCUT2D eigenvalue weighted by Crippen LogP contribution is -2.22. The monoisotopic (exact) mass is 448 g/mol. The van der Waals surface area contributed by atoms with Crippen LogP contribution in [0.3, 0.4) is 0 Å². The Kier molecular flexibility index (Phi) is 6.42. The van der Waals surface area contributed by atoms with Crippen molar-refractivity contribution in [2.24, 2.45) is 0 Å². The highest BCUT2D eigenvalue weighted by atomic mass is 79.9. The van der Waals surface area contributed by atoms with Gasteiger partial charge in [0.15, 0.2) is 6.61 Å². The molecule has 0 aliphatic carbocycles. The molecule has 0 aliphatic rings. The van der Waals surface area contributed by atoms with Crippen LogP contribution in [0.1, 0.15) is 12.5 Å². The van der Waals surface area contributed by atoms with Gasteiger partial charge in [-0.05, 0) is 52.3 Å². The molecule has 0 saturated carbocycles. The van der Waals surface area contributed by atoms with Crippen LogP contribution in [0.4, 0.5) is 28.9 Å². The molecular formula is C17H13BrF4N2O3. The van der Waals surface area contributed by atoms with Crippen LogP contribution in [0.2, 0.25) is 0 Å². The molecule has 0 heterocycles. The molecule has 0 bridgehead atoms. The largest absolute Gasteiger partial charge is 0.483 e. The van der Waals surface area contributed by atoms with E-state index in [1.807, 2.05) is 0 Å². The van der Waals surface area contributed by atoms with Gasteiger partial charge in [-0.25, -0.2) is 4.39 Å². The van der Waals surface area contributed by atoms with E-state index in [1.165, 1.54) is 12.1 Å². The zero-order valence-corrected chi connectivity index (χ0v) is 15.4. The van der Waals surface area contributed by atoms with Crippen molar-refractivity contribution in [3.63, 3.8) is 0 Å². The Bertz CT molecular complexity index is 872. The SMILES string of the molecule is CC(=O)Nc1ccc(NC(=O)COc2ccc(F)cc2Br)c(C(F)(F)F)c1. The molecule has 0 saturated heterocycles. The summed E-state index contributed by atoms with van der Waals surface area (Å²) in [5.74, 6) is -1.74. The van der Waals surface area contributed by atoms with Gasteiger partial charge in [0.1, 0.15) is 11.6 Å². The molecule has 2 rings (SSSR count). The summed E-state index contributed by atoms with van der Waals surface area (Å²) in [4.78, 5) is 22.9. The average Bonchev–Trinajstić information content (AvgIpc) is 2.54. The number of hydrogen-bond acceptors (Lipinski definition) is 3. The molecule has 0 aliphatic heterocycles. The second-order valence-corrected chi connectivity index (χ2v) is 6.21. The number of hydrogen-bond donors (Lipinski definition) is 2. The number of ether oxygens (including phenoxy) is 1. The highest BCUT2D eigenvalue weighted by molar-refractivity contribution is 9.10. The summed E-state index contributed by atoms with van der Waals surface area (Å²) >= 11 is 3.05. The first kappa shape index (κ1) is 20.7. The Balaban J connectivity index is 2.13. The third kappa shape index (κ3) is 5.95. The molecule has 27 heavy (non-hydrogen) atoms. The number of carbonyl (C=O) groups is 2. The summed E-state index contributed by atoms with van der Waals surface area (Å²) in [6.45, 7) is 0.572. The van der Waals surface area contributed by atoms with Gasteiger partial charge in [0.25, 0.3) is 5.91 Å². The van der Waals surface area contributed by atoms with Crippen LogP contribution in [0.5, 0.6) is 5.75 Å². The van der Waals surface area contributed by atoms with Crippen molar-refractivity contribution >= 4 is 39.1 Å². The van der Waals surface area contributed by atoms with Gasteiger partial charge in [-0.15, -0.1) is 0 Å². The van der Waals surface area contributed by atoms with Gasteiger partial charge in [-0.2, -0.15) is 13.2 Å². The van der Waals surface area contributed by atoms with Crippen molar-refractivity contribution in [2.45, 2.75) is 13.1 Å². The van der Waals surface area contributed by atoms with Crippen LogP contribution >= 0.6 is 15.9 Å². The van der Waals surface area contributed by atoms with Crippen LogP contribution in [0.15, 0.2) is 40.9 Å². The summed E-state index contributed by atoms with van der Waals surface area (Å²) in [5, 5.41) is 4.36. The van der Waals surface area contributed by atoms with Crippen molar-refractivity contribution in [3.05, 3.63) is 52.3 Å². The lowest BCUT2D eigenvalue weighted by atomic mass is 10.1. The van der Waals surface area contributed by atoms with Gasteiger partial charge in [0.2, 0.25) is 5.91 Å². The first-order chi connectivity index (χ1) is 12.6. The van der Waals surface area contributed by atoms with Crippen LogP contribution in [0, 0.1) is 5.82 Å². The number of amides is 2. The van der Waals surface area contributed by atoms with Crippen LogP contribution in [-0.4, -0.2) is 18.4 Å². The van der Waals surface area contributed by atoms with E-state index >= 15 is 0 Å². The number of alkyl halides is 3. The lowest BCUT2D eigenvalue weighted by Gasteiger charge is -2.16. The Morgan fingerprint density at radius 1 is 1.11 bits per heavy atom. The van der Waals surface area contributed by atoms with E-state index in [1.54, 1.807) is 0 Å². The molecule has 0 fully saturated rings. The molecule has 5 nitrogen and oxygen atoms in total. The summed E-state index contributed by atoms with van der Waals surface area (Å²) in [6.07, 6.45) is -4.75. The fourth-order valence-corrected chi connectivity index (χ4v) is 2.56. The van der Waals surface area contributed by atoms with Crippen molar-refractivity contribution in [2.75, 3.05) is 17.2 Å². The number of carbonyl (C=O) groups excluding carboxylic acids is 2. The van der Waals surface area contributed by atoms with E-state index in [2.05, 4.69) is 26.6 Å². The fraction of sp³-hybridized carbons (Fsp3) is 0.176. The van der Waals surface area contributed by atoms with Crippen LogP contribution in [-0.2, 0) is 15.8 Å². The van der Waals surface area contributed by atoms with Gasteiger partial charge in [0.05, 0.1) is 15.7 Å². The predicted octanol–water partition coefficient (Wildman–Crippen LogP) is 4.58. The molecule has 0 atom stereocenters. The zero-order valence-electron chi connectivity index (χ0n) is 13.8. The van der Waals surface area contributed by atoms with E-state index in [0.717, 1.165) is 25.1 Å². The van der Waals surface area contributed by atoms with E-state index in [0.29, 0.717) is 6.07 Å². The molecule has 2 amide bonds. The second kappa shape index (κ2) is 8.38. The van der Waals surface area contributed by atoms with Gasteiger partial charge in [-0.1, -0.05) is 0 Å². The van der Waals surface area contributed by atoms with Crippen molar-refractivity contribution in [1.82, 2.24) is 0 Å². The smallest absolute Gasteiger partial charge is 0.418 e. The minimum atomic E-state index is -4.75. The maximum Gasteiger partial charge on any atom is 0.418 e. The fourth-order valence-electron chi connectivity index (χ4n) is 2.09. The highest BCUT2D eigenvalue weighted by Crippen LogP contribution is 2.36. The van der Waals surface area contributed by atoms with Gasteiger partial charge in [-0.3, -0.25) is 9.59 Å². The Morgan fingerprint density at radius 2 is 1.81 bits per heavy atom. The first-order valence-electron chi connectivity index (χ1n) is 7.43. The molecule has 0 spiro atoms. The average molecular weight is 449 g/mol. The topological polar surface area (TPSA) is 67.4 Å². The summed E-state index contributed by atoms with van der Waals surface area (Å²) in [7, 11) is 0. The molecule has 0 aromatic heterocycles. The van der Waals surface area contributed by atoms with E-state index < -0.39 is 41.7 Å². The maximum absolute atomic E-state index is 13.2. The summed E-state index contributed by atoms with van der Waals surface area (Å²) in [6, 6.07) is 6.48. The molecule has 2 N–H and O–H groups in total. The van der Waals surface area contributed by atoms with Gasteiger partial charge >= 0.3 is 6.18 Å². The van der Waals surface area contributed by atoms with Crippen LogP contribution < -0.4 is 15.4 Å². The molecular weight excluding hydrogens is 436 g/mol. The Labute approximate surface area is 159 Å². The maximum atomic E-state index is 13.2.